The van der Waals surface area contributed by atoms with Crippen molar-refractivity contribution in [1.29, 1.82) is 0 Å². The zero-order chi connectivity index (χ0) is 24.2. The third-order valence-corrected chi connectivity index (χ3v) is 7.13. The van der Waals surface area contributed by atoms with Gasteiger partial charge in [0.2, 0.25) is 0 Å². The second-order valence-corrected chi connectivity index (χ2v) is 10.6. The van der Waals surface area contributed by atoms with E-state index in [2.05, 4.69) is 13.8 Å². The van der Waals surface area contributed by atoms with Gasteiger partial charge >= 0.3 is 0 Å². The summed E-state index contributed by atoms with van der Waals surface area (Å²) >= 11 is 0. The lowest BCUT2D eigenvalue weighted by Crippen LogP contribution is -1.98. The molecular formula is C31H61FO. The molecule has 0 rings (SSSR count). The van der Waals surface area contributed by atoms with E-state index in [0.717, 1.165) is 51.4 Å². The summed E-state index contributed by atoms with van der Waals surface area (Å²) < 4.78 is 13.4. The number of hydrogen-bond acceptors (Lipinski definition) is 1. The van der Waals surface area contributed by atoms with Gasteiger partial charge in [-0.1, -0.05) is 149 Å². The first-order chi connectivity index (χ1) is 16.2. The van der Waals surface area contributed by atoms with Gasteiger partial charge in [-0.25, -0.2) is 4.39 Å². The Morgan fingerprint density at radius 2 is 0.788 bits per heavy atom. The highest BCUT2D eigenvalue weighted by Crippen LogP contribution is 2.16. The Kier molecular flexibility index (Phi) is 27.5. The SMILES string of the molecule is CCCCCCCCCCCCCCCC(=O)CCCCCCCCCCCC(F)CCC. The molecule has 1 nitrogen and oxygen atoms in total. The average Bonchev–Trinajstić information content (AvgIpc) is 2.80. The Labute approximate surface area is 208 Å². The zero-order valence-corrected chi connectivity index (χ0v) is 23.0. The number of ketones is 1. The van der Waals surface area contributed by atoms with E-state index in [1.807, 2.05) is 0 Å². The standard InChI is InChI=1S/C31H61FO/c1-3-5-6-7-8-9-10-11-12-15-18-21-24-28-31(33)29-25-22-19-16-13-14-17-20-23-27-30(32)26-4-2/h30H,3-29H2,1-2H3. The van der Waals surface area contributed by atoms with Crippen LogP contribution in [-0.4, -0.2) is 12.0 Å². The van der Waals surface area contributed by atoms with Gasteiger partial charge in [0, 0.05) is 12.8 Å². The second kappa shape index (κ2) is 27.8. The van der Waals surface area contributed by atoms with Gasteiger partial charge in [0.25, 0.3) is 0 Å². The normalized spacial score (nSPS) is 12.3. The first kappa shape index (κ1) is 32.6. The first-order valence-corrected chi connectivity index (χ1v) is 15.4. The Morgan fingerprint density at radius 3 is 1.15 bits per heavy atom. The Balaban J connectivity index is 3.18. The molecule has 2 heteroatoms. The van der Waals surface area contributed by atoms with Crippen molar-refractivity contribution in [2.75, 3.05) is 0 Å². The van der Waals surface area contributed by atoms with Crippen LogP contribution >= 0.6 is 0 Å². The highest BCUT2D eigenvalue weighted by atomic mass is 19.1. The maximum absolute atomic E-state index is 13.4. The zero-order valence-electron chi connectivity index (χ0n) is 23.0. The van der Waals surface area contributed by atoms with E-state index in [0.29, 0.717) is 5.78 Å². The van der Waals surface area contributed by atoms with Crippen LogP contribution in [0.25, 0.3) is 0 Å². The average molecular weight is 469 g/mol. The number of alkyl halides is 1. The summed E-state index contributed by atoms with van der Waals surface area (Å²) in [4.78, 5) is 12.0. The topological polar surface area (TPSA) is 17.1 Å². The number of rotatable bonds is 28. The first-order valence-electron chi connectivity index (χ1n) is 15.4. The van der Waals surface area contributed by atoms with Crippen LogP contribution in [0.5, 0.6) is 0 Å². The lowest BCUT2D eigenvalue weighted by molar-refractivity contribution is -0.119. The van der Waals surface area contributed by atoms with Crippen LogP contribution in [0, 0.1) is 0 Å². The second-order valence-electron chi connectivity index (χ2n) is 10.6. The molecule has 0 heterocycles. The predicted octanol–water partition coefficient (Wildman–Crippen LogP) is 11.5. The summed E-state index contributed by atoms with van der Waals surface area (Å²) in [6.45, 7) is 4.34. The van der Waals surface area contributed by atoms with Gasteiger partial charge in [-0.15, -0.1) is 0 Å². The largest absolute Gasteiger partial charge is 0.300 e. The fraction of sp³-hybridized carbons (Fsp3) is 0.968. The molecule has 0 aliphatic rings. The molecule has 33 heavy (non-hydrogen) atoms. The minimum Gasteiger partial charge on any atom is -0.300 e. The van der Waals surface area contributed by atoms with Crippen LogP contribution in [0.3, 0.4) is 0 Å². The summed E-state index contributed by atoms with van der Waals surface area (Å²) in [7, 11) is 0. The molecule has 0 saturated heterocycles. The van der Waals surface area contributed by atoms with Crippen molar-refractivity contribution in [2.45, 2.75) is 193 Å². The monoisotopic (exact) mass is 468 g/mol. The lowest BCUT2D eigenvalue weighted by Gasteiger charge is -2.06. The lowest BCUT2D eigenvalue weighted by atomic mass is 10.0. The fourth-order valence-electron chi connectivity index (χ4n) is 4.85. The molecule has 0 N–H and O–H groups in total. The van der Waals surface area contributed by atoms with Gasteiger partial charge in [-0.2, -0.15) is 0 Å². The third-order valence-electron chi connectivity index (χ3n) is 7.13. The molecule has 0 radical (unpaired) electrons. The van der Waals surface area contributed by atoms with E-state index in [-0.39, 0.29) is 0 Å². The molecule has 1 unspecified atom stereocenters. The van der Waals surface area contributed by atoms with Gasteiger partial charge in [0.05, 0.1) is 0 Å². The van der Waals surface area contributed by atoms with Crippen LogP contribution in [-0.2, 0) is 4.79 Å². The van der Waals surface area contributed by atoms with Crippen molar-refractivity contribution in [3.8, 4) is 0 Å². The molecule has 0 aliphatic carbocycles. The molecule has 0 aromatic carbocycles. The molecule has 198 valence electrons. The molecule has 0 spiro atoms. The number of Topliss-reactive ketones (excluding diaryl/α,β-unsaturated/α-hetero) is 1. The Morgan fingerprint density at radius 1 is 0.455 bits per heavy atom. The van der Waals surface area contributed by atoms with Gasteiger partial charge in [-0.3, -0.25) is 4.79 Å². The summed E-state index contributed by atoms with van der Waals surface area (Å²) in [5.41, 5.74) is 0. The van der Waals surface area contributed by atoms with Crippen LogP contribution in [0.4, 0.5) is 4.39 Å². The smallest absolute Gasteiger partial charge is 0.132 e. The van der Waals surface area contributed by atoms with E-state index in [9.17, 15) is 9.18 Å². The summed E-state index contributed by atoms with van der Waals surface area (Å²) in [5, 5.41) is 0. The predicted molar refractivity (Wildman–Crippen MR) is 146 cm³/mol. The molecular weight excluding hydrogens is 407 g/mol. The molecule has 0 aromatic heterocycles. The summed E-state index contributed by atoms with van der Waals surface area (Å²) in [6.07, 6.45) is 32.2. The van der Waals surface area contributed by atoms with Gasteiger partial charge in [0.1, 0.15) is 12.0 Å². The summed E-state index contributed by atoms with van der Waals surface area (Å²) in [6, 6.07) is 0. The van der Waals surface area contributed by atoms with E-state index in [1.54, 1.807) is 0 Å². The van der Waals surface area contributed by atoms with Crippen molar-refractivity contribution in [3.63, 3.8) is 0 Å². The number of unbranched alkanes of at least 4 members (excludes halogenated alkanes) is 20. The Hall–Kier alpha value is -0.400. The number of halogens is 1. The van der Waals surface area contributed by atoms with Gasteiger partial charge in [0.15, 0.2) is 0 Å². The molecule has 0 saturated carbocycles. The third kappa shape index (κ3) is 27.7. The number of carbonyl (C=O) groups excluding carboxylic acids is 1. The van der Waals surface area contributed by atoms with Crippen molar-refractivity contribution in [3.05, 3.63) is 0 Å². The summed E-state index contributed by atoms with van der Waals surface area (Å²) in [5.74, 6) is 0.493. The molecule has 0 bridgehead atoms. The van der Waals surface area contributed by atoms with Crippen molar-refractivity contribution < 1.29 is 9.18 Å². The number of carbonyl (C=O) groups is 1. The molecule has 1 atom stereocenters. The van der Waals surface area contributed by atoms with E-state index in [4.69, 9.17) is 0 Å². The minimum atomic E-state index is -0.567. The van der Waals surface area contributed by atoms with Gasteiger partial charge in [-0.05, 0) is 25.7 Å². The van der Waals surface area contributed by atoms with Crippen molar-refractivity contribution >= 4 is 5.78 Å². The van der Waals surface area contributed by atoms with Gasteiger partial charge < -0.3 is 0 Å². The highest BCUT2D eigenvalue weighted by molar-refractivity contribution is 5.78. The van der Waals surface area contributed by atoms with Crippen molar-refractivity contribution in [1.82, 2.24) is 0 Å². The van der Waals surface area contributed by atoms with E-state index >= 15 is 0 Å². The van der Waals surface area contributed by atoms with Crippen LogP contribution in [0.15, 0.2) is 0 Å². The molecule has 0 aliphatic heterocycles. The van der Waals surface area contributed by atoms with Crippen LogP contribution in [0.2, 0.25) is 0 Å². The maximum Gasteiger partial charge on any atom is 0.132 e. The van der Waals surface area contributed by atoms with Crippen LogP contribution < -0.4 is 0 Å². The maximum atomic E-state index is 13.4. The Bertz CT molecular complexity index is 381. The van der Waals surface area contributed by atoms with Crippen LogP contribution in [0.1, 0.15) is 187 Å². The minimum absolute atomic E-state index is 0.493. The van der Waals surface area contributed by atoms with Crippen molar-refractivity contribution in [2.24, 2.45) is 0 Å². The quantitative estimate of drug-likeness (QED) is 0.104. The molecule has 0 fully saturated rings. The van der Waals surface area contributed by atoms with E-state index in [1.165, 1.54) is 122 Å². The fourth-order valence-corrected chi connectivity index (χ4v) is 4.85. The molecule has 0 amide bonds. The van der Waals surface area contributed by atoms with E-state index < -0.39 is 6.17 Å². The number of hydrogen-bond donors (Lipinski definition) is 0. The molecule has 0 aromatic rings. The highest BCUT2D eigenvalue weighted by Gasteiger charge is 2.04.